The summed E-state index contributed by atoms with van der Waals surface area (Å²) in [6, 6.07) is 12.9. The number of hydrogen-bond donors (Lipinski definition) is 3. The molecule has 172 valence electrons. The Kier molecular flexibility index (Phi) is 6.82. The summed E-state index contributed by atoms with van der Waals surface area (Å²) in [4.78, 5) is 25.9. The molecule has 0 bridgehead atoms. The normalized spacial score (nSPS) is 17.8. The quantitative estimate of drug-likeness (QED) is 0.531. The van der Waals surface area contributed by atoms with Crippen LogP contribution >= 0.6 is 0 Å². The Morgan fingerprint density at radius 2 is 1.85 bits per heavy atom. The number of aromatic nitrogens is 4. The molecule has 0 unspecified atom stereocenters. The number of nitrogens with one attached hydrogen (secondary N) is 2. The van der Waals surface area contributed by atoms with Crippen molar-refractivity contribution in [3.05, 3.63) is 60.4 Å². The van der Waals surface area contributed by atoms with E-state index in [9.17, 15) is 9.59 Å². The van der Waals surface area contributed by atoms with Crippen molar-refractivity contribution in [1.82, 2.24) is 30.6 Å². The molecule has 10 heteroatoms. The van der Waals surface area contributed by atoms with E-state index in [1.807, 2.05) is 49.6 Å². The Morgan fingerprint density at radius 1 is 1.09 bits per heavy atom. The topological polar surface area (TPSA) is 125 Å². The van der Waals surface area contributed by atoms with E-state index < -0.39 is 6.09 Å². The van der Waals surface area contributed by atoms with E-state index in [0.29, 0.717) is 43.7 Å². The molecule has 0 aliphatic heterocycles. The highest BCUT2D eigenvalue weighted by atomic mass is 16.4. The van der Waals surface area contributed by atoms with E-state index in [-0.39, 0.29) is 18.1 Å². The summed E-state index contributed by atoms with van der Waals surface area (Å²) in [5.74, 6) is 0.461. The van der Waals surface area contributed by atoms with Crippen molar-refractivity contribution in [2.45, 2.75) is 44.3 Å². The average molecular weight is 450 g/mol. The van der Waals surface area contributed by atoms with Crippen molar-refractivity contribution in [1.29, 1.82) is 0 Å². The maximum Gasteiger partial charge on any atom is 0.404 e. The first kappa shape index (κ1) is 22.3. The van der Waals surface area contributed by atoms with Gasteiger partial charge in [0.15, 0.2) is 5.82 Å². The second kappa shape index (κ2) is 10.1. The Balaban J connectivity index is 1.52. The molecule has 1 saturated carbocycles. The van der Waals surface area contributed by atoms with Crippen LogP contribution in [0, 0.1) is 0 Å². The average Bonchev–Trinajstić information content (AvgIpc) is 3.26. The molecule has 3 N–H and O–H groups in total. The summed E-state index contributed by atoms with van der Waals surface area (Å²) in [6.07, 6.45) is 5.18. The van der Waals surface area contributed by atoms with Crippen LogP contribution in [-0.4, -0.2) is 49.3 Å². The summed E-state index contributed by atoms with van der Waals surface area (Å²) in [7, 11) is 1.83. The van der Waals surface area contributed by atoms with E-state index in [1.165, 1.54) is 0 Å². The smallest absolute Gasteiger partial charge is 0.404 e. The van der Waals surface area contributed by atoms with Crippen LogP contribution in [0.25, 0.3) is 11.3 Å². The number of amides is 3. The predicted octanol–water partition coefficient (Wildman–Crippen LogP) is 3.17. The van der Waals surface area contributed by atoms with Crippen molar-refractivity contribution in [2.75, 3.05) is 4.90 Å². The van der Waals surface area contributed by atoms with Gasteiger partial charge in [0.25, 0.3) is 0 Å². The predicted molar refractivity (Wildman–Crippen MR) is 123 cm³/mol. The summed E-state index contributed by atoms with van der Waals surface area (Å²) in [6.45, 7) is 0.396. The molecule has 2 aromatic heterocycles. The molecular formula is C23H27N7O3. The number of benzene rings is 1. The highest BCUT2D eigenvalue weighted by Gasteiger charge is 2.31. The van der Waals surface area contributed by atoms with Crippen LogP contribution in [0.2, 0.25) is 0 Å². The van der Waals surface area contributed by atoms with Gasteiger partial charge in [-0.3, -0.25) is 9.58 Å². The maximum atomic E-state index is 13.3. The summed E-state index contributed by atoms with van der Waals surface area (Å²) in [5.41, 5.74) is 2.51. The van der Waals surface area contributed by atoms with Crippen LogP contribution in [0.15, 0.2) is 54.9 Å². The van der Waals surface area contributed by atoms with Crippen molar-refractivity contribution >= 4 is 17.9 Å². The van der Waals surface area contributed by atoms with Gasteiger partial charge in [-0.25, -0.2) is 9.59 Å². The molecule has 1 fully saturated rings. The van der Waals surface area contributed by atoms with E-state index >= 15 is 0 Å². The first-order valence-corrected chi connectivity index (χ1v) is 10.9. The molecule has 3 amide bonds. The number of carboxylic acid groups (broad SMARTS) is 1. The third-order valence-electron chi connectivity index (χ3n) is 5.79. The highest BCUT2D eigenvalue weighted by molar-refractivity contribution is 5.91. The van der Waals surface area contributed by atoms with Crippen LogP contribution in [0.3, 0.4) is 0 Å². The van der Waals surface area contributed by atoms with Crippen LogP contribution in [-0.2, 0) is 13.6 Å². The second-order valence-electron chi connectivity index (χ2n) is 8.15. The lowest BCUT2D eigenvalue weighted by atomic mass is 9.90. The number of carbonyl (C=O) groups is 2. The lowest BCUT2D eigenvalue weighted by molar-refractivity contribution is 0.184. The van der Waals surface area contributed by atoms with E-state index in [0.717, 1.165) is 11.1 Å². The van der Waals surface area contributed by atoms with Crippen molar-refractivity contribution < 1.29 is 14.7 Å². The molecule has 3 aromatic rings. The van der Waals surface area contributed by atoms with Gasteiger partial charge in [-0.1, -0.05) is 30.3 Å². The largest absolute Gasteiger partial charge is 0.465 e. The third kappa shape index (κ3) is 5.65. The van der Waals surface area contributed by atoms with Gasteiger partial charge in [0, 0.05) is 37.4 Å². The Morgan fingerprint density at radius 3 is 2.45 bits per heavy atom. The van der Waals surface area contributed by atoms with Crippen molar-refractivity contribution in [3.63, 3.8) is 0 Å². The van der Waals surface area contributed by atoms with Crippen LogP contribution < -0.4 is 15.5 Å². The van der Waals surface area contributed by atoms with Gasteiger partial charge < -0.3 is 15.7 Å². The second-order valence-corrected chi connectivity index (χ2v) is 8.15. The fourth-order valence-corrected chi connectivity index (χ4v) is 4.13. The molecule has 2 heterocycles. The summed E-state index contributed by atoms with van der Waals surface area (Å²) < 4.78 is 1.69. The van der Waals surface area contributed by atoms with Crippen molar-refractivity contribution in [2.24, 2.45) is 7.05 Å². The van der Waals surface area contributed by atoms with Gasteiger partial charge in [-0.2, -0.15) is 5.10 Å². The standard InChI is InChI=1S/C23H27N7O3/c1-29-15-17(14-25-29)20-11-12-21(28-27-20)30(19-9-7-18(8-10-19)26-23(32)33)22(31)24-13-16-5-3-2-4-6-16/h2-6,11-12,14-15,18-19,26H,7-10,13H2,1H3,(H,24,31)(H,32,33)/t18-,19-. The number of urea groups is 1. The van der Waals surface area contributed by atoms with Gasteiger partial charge in [-0.15, -0.1) is 10.2 Å². The first-order valence-electron chi connectivity index (χ1n) is 10.9. The van der Waals surface area contributed by atoms with Crippen molar-refractivity contribution in [3.8, 4) is 11.3 Å². The molecule has 1 aromatic carbocycles. The van der Waals surface area contributed by atoms with E-state index in [4.69, 9.17) is 5.11 Å². The molecule has 10 nitrogen and oxygen atoms in total. The van der Waals surface area contributed by atoms with Gasteiger partial charge >= 0.3 is 12.1 Å². The monoisotopic (exact) mass is 449 g/mol. The minimum atomic E-state index is -1.02. The maximum absolute atomic E-state index is 13.3. The fraction of sp³-hybridized carbons (Fsp3) is 0.348. The van der Waals surface area contributed by atoms with E-state index in [2.05, 4.69) is 25.9 Å². The Bertz CT molecular complexity index is 1080. The summed E-state index contributed by atoms with van der Waals surface area (Å²) >= 11 is 0. The SMILES string of the molecule is Cn1cc(-c2ccc(N(C(=O)NCc3ccccc3)[C@H]3CC[C@H](NC(=O)O)CC3)nn2)cn1. The lowest BCUT2D eigenvalue weighted by Crippen LogP contribution is -2.50. The highest BCUT2D eigenvalue weighted by Crippen LogP contribution is 2.27. The zero-order valence-electron chi connectivity index (χ0n) is 18.4. The minimum Gasteiger partial charge on any atom is -0.465 e. The molecular weight excluding hydrogens is 422 g/mol. The van der Waals surface area contributed by atoms with Crippen LogP contribution in [0.4, 0.5) is 15.4 Å². The lowest BCUT2D eigenvalue weighted by Gasteiger charge is -2.36. The number of rotatable bonds is 6. The minimum absolute atomic E-state index is 0.105. The van der Waals surface area contributed by atoms with Gasteiger partial charge in [-0.05, 0) is 43.4 Å². The van der Waals surface area contributed by atoms with Crippen LogP contribution in [0.1, 0.15) is 31.2 Å². The number of anilines is 1. The summed E-state index contributed by atoms with van der Waals surface area (Å²) in [5, 5.41) is 27.4. The third-order valence-corrected chi connectivity index (χ3v) is 5.79. The number of nitrogens with zero attached hydrogens (tertiary/aromatic N) is 5. The first-order chi connectivity index (χ1) is 16.0. The van der Waals surface area contributed by atoms with Gasteiger partial charge in [0.1, 0.15) is 0 Å². The molecule has 33 heavy (non-hydrogen) atoms. The fourth-order valence-electron chi connectivity index (χ4n) is 4.13. The molecule has 1 aliphatic carbocycles. The molecule has 1 aliphatic rings. The number of hydrogen-bond acceptors (Lipinski definition) is 5. The number of aryl methyl sites for hydroxylation is 1. The number of carbonyl (C=O) groups excluding carboxylic acids is 1. The molecule has 0 atom stereocenters. The molecule has 4 rings (SSSR count). The van der Waals surface area contributed by atoms with E-state index in [1.54, 1.807) is 21.8 Å². The molecule has 0 saturated heterocycles. The molecule has 0 spiro atoms. The zero-order valence-corrected chi connectivity index (χ0v) is 18.4. The Hall–Kier alpha value is -3.95. The zero-order chi connectivity index (χ0) is 23.2. The van der Waals surface area contributed by atoms with Crippen LogP contribution in [0.5, 0.6) is 0 Å². The molecule has 0 radical (unpaired) electrons. The van der Waals surface area contributed by atoms with Gasteiger partial charge in [0.2, 0.25) is 0 Å². The van der Waals surface area contributed by atoms with Gasteiger partial charge in [0.05, 0.1) is 11.9 Å². The Labute approximate surface area is 191 Å².